The first kappa shape index (κ1) is 18.1. The molecule has 28 heavy (non-hydrogen) atoms. The van der Waals surface area contributed by atoms with Gasteiger partial charge in [-0.15, -0.1) is 0 Å². The van der Waals surface area contributed by atoms with Gasteiger partial charge in [0, 0.05) is 5.56 Å². The van der Waals surface area contributed by atoms with E-state index >= 15 is 0 Å². The summed E-state index contributed by atoms with van der Waals surface area (Å²) >= 11 is 0. The van der Waals surface area contributed by atoms with Crippen LogP contribution in [0.15, 0.2) is 78.9 Å². The molecule has 0 fully saturated rings. The van der Waals surface area contributed by atoms with Gasteiger partial charge >= 0.3 is 5.97 Å². The second kappa shape index (κ2) is 8.13. The van der Waals surface area contributed by atoms with E-state index in [9.17, 15) is 4.79 Å². The molecule has 0 amide bonds. The number of aromatic carboxylic acids is 1. The Balaban J connectivity index is 1.65. The minimum atomic E-state index is -0.896. The molecule has 3 aromatic rings. The quantitative estimate of drug-likeness (QED) is 0.574. The van der Waals surface area contributed by atoms with Crippen LogP contribution in [0.2, 0.25) is 0 Å². The van der Waals surface area contributed by atoms with Crippen molar-refractivity contribution in [2.45, 2.75) is 25.9 Å². The fourth-order valence-corrected chi connectivity index (χ4v) is 3.75. The molecule has 1 N–H and O–H groups in total. The average Bonchev–Trinajstić information content (AvgIpc) is 3.23. The molecule has 3 nitrogen and oxygen atoms in total. The van der Waals surface area contributed by atoms with E-state index < -0.39 is 5.97 Å². The third kappa shape index (κ3) is 3.84. The maximum atomic E-state index is 11.1. The van der Waals surface area contributed by atoms with Crippen molar-refractivity contribution in [2.24, 2.45) is 0 Å². The number of para-hydroxylation sites is 1. The molecular formula is C25H22O3. The van der Waals surface area contributed by atoms with Crippen LogP contribution in [0.4, 0.5) is 0 Å². The minimum absolute atomic E-state index is 0.315. The number of carboxylic acids is 1. The second-order valence-electron chi connectivity index (χ2n) is 6.96. The van der Waals surface area contributed by atoms with E-state index in [4.69, 9.17) is 9.84 Å². The highest BCUT2D eigenvalue weighted by molar-refractivity contribution is 5.95. The highest BCUT2D eigenvalue weighted by Crippen LogP contribution is 2.42. The van der Waals surface area contributed by atoms with Crippen LogP contribution < -0.4 is 4.74 Å². The smallest absolute Gasteiger partial charge is 0.335 e. The predicted octanol–water partition coefficient (Wildman–Crippen LogP) is 6.06. The van der Waals surface area contributed by atoms with Gasteiger partial charge in [-0.25, -0.2) is 4.79 Å². The molecule has 0 aromatic heterocycles. The van der Waals surface area contributed by atoms with E-state index in [-0.39, 0.29) is 0 Å². The number of hydrogen-bond donors (Lipinski definition) is 1. The molecule has 0 heterocycles. The third-order valence-electron chi connectivity index (χ3n) is 5.15. The van der Waals surface area contributed by atoms with Crippen molar-refractivity contribution in [3.63, 3.8) is 0 Å². The van der Waals surface area contributed by atoms with Gasteiger partial charge in [-0.2, -0.15) is 0 Å². The van der Waals surface area contributed by atoms with Crippen LogP contribution >= 0.6 is 0 Å². The van der Waals surface area contributed by atoms with Crippen molar-refractivity contribution < 1.29 is 14.6 Å². The number of ether oxygens (including phenoxy) is 1. The van der Waals surface area contributed by atoms with E-state index in [0.717, 1.165) is 41.7 Å². The van der Waals surface area contributed by atoms with Crippen LogP contribution in [0.1, 0.15) is 46.3 Å². The SMILES string of the molecule is O=C(O)c1ccc(C2=C(c3ccccc3OCc3ccccc3)CCC2)cc1. The summed E-state index contributed by atoms with van der Waals surface area (Å²) in [5.41, 5.74) is 6.26. The number of rotatable bonds is 6. The first-order valence-corrected chi connectivity index (χ1v) is 9.54. The topological polar surface area (TPSA) is 46.5 Å². The maximum Gasteiger partial charge on any atom is 0.335 e. The number of carbonyl (C=O) groups is 1. The van der Waals surface area contributed by atoms with Crippen LogP contribution in [-0.2, 0) is 6.61 Å². The van der Waals surface area contributed by atoms with Crippen LogP contribution in [-0.4, -0.2) is 11.1 Å². The van der Waals surface area contributed by atoms with Crippen LogP contribution in [0, 0.1) is 0 Å². The first-order valence-electron chi connectivity index (χ1n) is 9.54. The molecule has 0 saturated heterocycles. The van der Waals surface area contributed by atoms with E-state index in [1.54, 1.807) is 12.1 Å². The van der Waals surface area contributed by atoms with Gasteiger partial charge in [0.2, 0.25) is 0 Å². The van der Waals surface area contributed by atoms with Crippen LogP contribution in [0.25, 0.3) is 11.1 Å². The average molecular weight is 370 g/mol. The molecule has 1 aliphatic carbocycles. The summed E-state index contributed by atoms with van der Waals surface area (Å²) in [7, 11) is 0. The Labute approximate surface area is 164 Å². The molecular weight excluding hydrogens is 348 g/mol. The van der Waals surface area contributed by atoms with Crippen molar-refractivity contribution in [1.29, 1.82) is 0 Å². The Morgan fingerprint density at radius 3 is 2.25 bits per heavy atom. The van der Waals surface area contributed by atoms with Gasteiger partial charge in [0.25, 0.3) is 0 Å². The van der Waals surface area contributed by atoms with Gasteiger partial charge in [0.15, 0.2) is 0 Å². The Hall–Kier alpha value is -3.33. The zero-order chi connectivity index (χ0) is 19.3. The van der Waals surface area contributed by atoms with Gasteiger partial charge in [-0.05, 0) is 59.7 Å². The Morgan fingerprint density at radius 1 is 0.821 bits per heavy atom. The van der Waals surface area contributed by atoms with Gasteiger partial charge in [-0.3, -0.25) is 0 Å². The Morgan fingerprint density at radius 2 is 1.50 bits per heavy atom. The van der Waals surface area contributed by atoms with Gasteiger partial charge < -0.3 is 9.84 Å². The molecule has 0 unspecified atom stereocenters. The molecule has 0 bridgehead atoms. The molecule has 0 radical (unpaired) electrons. The van der Waals surface area contributed by atoms with E-state index in [1.807, 2.05) is 48.5 Å². The summed E-state index contributed by atoms with van der Waals surface area (Å²) in [5.74, 6) is -0.00487. The Bertz CT molecular complexity index is 1000. The summed E-state index contributed by atoms with van der Waals surface area (Å²) in [6.07, 6.45) is 3.09. The molecule has 1 aliphatic rings. The molecule has 3 heteroatoms. The lowest BCUT2D eigenvalue weighted by Crippen LogP contribution is -1.99. The minimum Gasteiger partial charge on any atom is -0.488 e. The molecule has 0 atom stereocenters. The molecule has 4 rings (SSSR count). The molecule has 0 aliphatic heterocycles. The van der Waals surface area contributed by atoms with Crippen molar-refractivity contribution in [1.82, 2.24) is 0 Å². The predicted molar refractivity (Wildman–Crippen MR) is 111 cm³/mol. The van der Waals surface area contributed by atoms with E-state index in [0.29, 0.717) is 12.2 Å². The number of carboxylic acid groups (broad SMARTS) is 1. The summed E-state index contributed by atoms with van der Waals surface area (Å²) in [6, 6.07) is 25.5. The third-order valence-corrected chi connectivity index (χ3v) is 5.15. The highest BCUT2D eigenvalue weighted by atomic mass is 16.5. The summed E-state index contributed by atoms with van der Waals surface area (Å²) in [5, 5.41) is 9.13. The van der Waals surface area contributed by atoms with Crippen molar-refractivity contribution in [3.05, 3.63) is 101 Å². The zero-order valence-corrected chi connectivity index (χ0v) is 15.6. The lowest BCUT2D eigenvalue weighted by molar-refractivity contribution is 0.0697. The normalized spacial score (nSPS) is 13.6. The van der Waals surface area contributed by atoms with Crippen molar-refractivity contribution >= 4 is 17.1 Å². The number of benzene rings is 3. The summed E-state index contributed by atoms with van der Waals surface area (Å²) in [6.45, 7) is 0.535. The first-order chi connectivity index (χ1) is 13.7. The molecule has 3 aromatic carbocycles. The number of hydrogen-bond acceptors (Lipinski definition) is 2. The maximum absolute atomic E-state index is 11.1. The zero-order valence-electron chi connectivity index (χ0n) is 15.6. The van der Waals surface area contributed by atoms with Crippen molar-refractivity contribution in [3.8, 4) is 5.75 Å². The lowest BCUT2D eigenvalue weighted by atomic mass is 9.96. The summed E-state index contributed by atoms with van der Waals surface area (Å²) in [4.78, 5) is 11.1. The molecule has 0 saturated carbocycles. The standard InChI is InChI=1S/C25H22O3/c26-25(27)20-15-13-19(14-16-20)21-10-6-11-22(21)23-9-4-5-12-24(23)28-17-18-7-2-1-3-8-18/h1-5,7-9,12-16H,6,10-11,17H2,(H,26,27). The van der Waals surface area contributed by atoms with E-state index in [2.05, 4.69) is 18.2 Å². The van der Waals surface area contributed by atoms with Crippen LogP contribution in [0.5, 0.6) is 5.75 Å². The highest BCUT2D eigenvalue weighted by Gasteiger charge is 2.20. The van der Waals surface area contributed by atoms with Crippen LogP contribution in [0.3, 0.4) is 0 Å². The van der Waals surface area contributed by atoms with E-state index in [1.165, 1.54) is 11.1 Å². The Kier molecular flexibility index (Phi) is 5.24. The second-order valence-corrected chi connectivity index (χ2v) is 6.96. The number of allylic oxidation sites excluding steroid dienone is 2. The van der Waals surface area contributed by atoms with Crippen molar-refractivity contribution in [2.75, 3.05) is 0 Å². The summed E-state index contributed by atoms with van der Waals surface area (Å²) < 4.78 is 6.16. The lowest BCUT2D eigenvalue weighted by Gasteiger charge is -2.14. The fraction of sp³-hybridized carbons (Fsp3) is 0.160. The molecule has 0 spiro atoms. The van der Waals surface area contributed by atoms with Gasteiger partial charge in [0.05, 0.1) is 5.56 Å². The van der Waals surface area contributed by atoms with Gasteiger partial charge in [0.1, 0.15) is 12.4 Å². The monoisotopic (exact) mass is 370 g/mol. The van der Waals surface area contributed by atoms with Gasteiger partial charge in [-0.1, -0.05) is 60.7 Å². The largest absolute Gasteiger partial charge is 0.488 e. The fourth-order valence-electron chi connectivity index (χ4n) is 3.75. The molecule has 140 valence electrons.